The highest BCUT2D eigenvalue weighted by Gasteiger charge is 2.13. The molecule has 0 atom stereocenters. The third-order valence-corrected chi connectivity index (χ3v) is 7.84. The molecule has 0 unspecified atom stereocenters. The Bertz CT molecular complexity index is 1150. The van der Waals surface area contributed by atoms with Gasteiger partial charge in [0.1, 0.15) is 5.75 Å². The van der Waals surface area contributed by atoms with Crippen molar-refractivity contribution in [3.63, 3.8) is 0 Å². The predicted molar refractivity (Wildman–Crippen MR) is 165 cm³/mol. The summed E-state index contributed by atoms with van der Waals surface area (Å²) in [6.45, 7) is 5.23. The molecule has 5 nitrogen and oxygen atoms in total. The number of halogens is 1. The summed E-state index contributed by atoms with van der Waals surface area (Å²) >= 11 is 1.66. The molecule has 0 saturated carbocycles. The SMILES string of the molecule is CCCCCCCCCCCCCCOc1ccc(CC(=O)Nc2ccc(C[n+]3ccsc3)cc2)cc1C(C)=O.[Br-]. The Labute approximate surface area is 261 Å². The molecule has 1 amide bonds. The summed E-state index contributed by atoms with van der Waals surface area (Å²) in [7, 11) is 0. The van der Waals surface area contributed by atoms with E-state index in [4.69, 9.17) is 4.74 Å². The van der Waals surface area contributed by atoms with Gasteiger partial charge in [0, 0.05) is 11.3 Å². The van der Waals surface area contributed by atoms with E-state index in [2.05, 4.69) is 22.3 Å². The van der Waals surface area contributed by atoms with E-state index in [9.17, 15) is 9.59 Å². The van der Waals surface area contributed by atoms with Crippen molar-refractivity contribution in [2.75, 3.05) is 11.9 Å². The Morgan fingerprint density at radius 3 is 2.02 bits per heavy atom. The van der Waals surface area contributed by atoms with Crippen LogP contribution in [0, 0.1) is 0 Å². The molecule has 0 aliphatic rings. The summed E-state index contributed by atoms with van der Waals surface area (Å²) in [5.41, 5.74) is 5.34. The van der Waals surface area contributed by atoms with Crippen LogP contribution in [0.2, 0.25) is 0 Å². The highest BCUT2D eigenvalue weighted by Crippen LogP contribution is 2.22. The maximum atomic E-state index is 12.7. The Hall–Kier alpha value is -2.51. The van der Waals surface area contributed by atoms with Gasteiger partial charge in [-0.15, -0.1) is 0 Å². The normalized spacial score (nSPS) is 10.7. The van der Waals surface area contributed by atoms with Gasteiger partial charge in [-0.2, -0.15) is 4.57 Å². The first kappa shape index (κ1) is 34.7. The third kappa shape index (κ3) is 13.8. The number of unbranched alkanes of at least 4 members (excludes halogenated alkanes) is 11. The maximum Gasteiger partial charge on any atom is 0.228 e. The second-order valence-electron chi connectivity index (χ2n) is 10.7. The smallest absolute Gasteiger partial charge is 0.228 e. The summed E-state index contributed by atoms with van der Waals surface area (Å²) in [5, 5.41) is 5.01. The Kier molecular flexibility index (Phi) is 17.2. The number of anilines is 1. The molecule has 1 aromatic heterocycles. The molecule has 41 heavy (non-hydrogen) atoms. The largest absolute Gasteiger partial charge is 1.00 e. The molecule has 0 aliphatic carbocycles. The number of aromatic nitrogens is 1. The van der Waals surface area contributed by atoms with Gasteiger partial charge in [-0.3, -0.25) is 9.59 Å². The molecule has 0 spiro atoms. The fraction of sp³-hybridized carbons (Fsp3) is 0.500. The average Bonchev–Trinajstić information content (AvgIpc) is 3.46. The lowest BCUT2D eigenvalue weighted by molar-refractivity contribution is -0.683. The molecular formula is C34H47BrN2O3S. The van der Waals surface area contributed by atoms with Gasteiger partial charge in [-0.25, -0.2) is 0 Å². The molecule has 0 aliphatic heterocycles. The Morgan fingerprint density at radius 2 is 1.44 bits per heavy atom. The fourth-order valence-corrected chi connectivity index (χ4v) is 5.46. The number of hydrogen-bond acceptors (Lipinski definition) is 4. The van der Waals surface area contributed by atoms with Crippen molar-refractivity contribution in [3.8, 4) is 5.75 Å². The minimum atomic E-state index is -0.111. The van der Waals surface area contributed by atoms with E-state index in [1.807, 2.05) is 48.0 Å². The zero-order valence-corrected chi connectivity index (χ0v) is 27.2. The lowest BCUT2D eigenvalue weighted by Gasteiger charge is -2.12. The first-order chi connectivity index (χ1) is 19.5. The molecule has 3 rings (SSSR count). The van der Waals surface area contributed by atoms with Gasteiger partial charge < -0.3 is 27.0 Å². The van der Waals surface area contributed by atoms with Crippen molar-refractivity contribution in [2.24, 2.45) is 0 Å². The van der Waals surface area contributed by atoms with Gasteiger partial charge in [0.05, 0.1) is 24.0 Å². The zero-order chi connectivity index (χ0) is 28.4. The van der Waals surface area contributed by atoms with E-state index in [0.29, 0.717) is 17.9 Å². The number of hydrogen-bond donors (Lipinski definition) is 1. The van der Waals surface area contributed by atoms with Gasteiger partial charge in [0.25, 0.3) is 0 Å². The molecule has 224 valence electrons. The molecule has 0 fully saturated rings. The van der Waals surface area contributed by atoms with Crippen LogP contribution in [-0.2, 0) is 17.8 Å². The van der Waals surface area contributed by atoms with Crippen molar-refractivity contribution >= 4 is 28.7 Å². The second kappa shape index (κ2) is 20.4. The first-order valence-electron chi connectivity index (χ1n) is 15.1. The number of Topliss-reactive ketones (excluding diaryl/α,β-unsaturated/α-hetero) is 1. The Morgan fingerprint density at radius 1 is 0.829 bits per heavy atom. The van der Waals surface area contributed by atoms with E-state index in [1.54, 1.807) is 24.3 Å². The number of amides is 1. The second-order valence-corrected chi connectivity index (χ2v) is 11.5. The molecule has 2 aromatic carbocycles. The van der Waals surface area contributed by atoms with Crippen LogP contribution in [0.25, 0.3) is 0 Å². The first-order valence-corrected chi connectivity index (χ1v) is 16.1. The molecule has 0 saturated heterocycles. The summed E-state index contributed by atoms with van der Waals surface area (Å²) in [6.07, 6.45) is 17.9. The zero-order valence-electron chi connectivity index (χ0n) is 24.8. The fourth-order valence-electron chi connectivity index (χ4n) is 4.86. The van der Waals surface area contributed by atoms with Crippen molar-refractivity contribution in [2.45, 2.75) is 104 Å². The van der Waals surface area contributed by atoms with E-state index in [1.165, 1.54) is 69.8 Å². The van der Waals surface area contributed by atoms with Crippen molar-refractivity contribution in [1.29, 1.82) is 0 Å². The van der Waals surface area contributed by atoms with E-state index in [-0.39, 0.29) is 35.1 Å². The average molecular weight is 644 g/mol. The number of nitrogens with one attached hydrogen (secondary N) is 1. The minimum absolute atomic E-state index is 0. The molecule has 0 bridgehead atoms. The monoisotopic (exact) mass is 642 g/mol. The van der Waals surface area contributed by atoms with Crippen molar-refractivity contribution in [1.82, 2.24) is 0 Å². The number of carbonyl (C=O) groups excluding carboxylic acids is 2. The highest BCUT2D eigenvalue weighted by atomic mass is 79.9. The standard InChI is InChI=1S/C34H46N2O3S.BrH/c1-3-4-5-6-7-8-9-10-11-12-13-14-22-39-33-20-17-30(24-32(33)28(2)37)25-34(38)35-31-18-15-29(16-19-31)26-36-21-23-40-27-36;/h15-21,23-24,27H,3-14,22,25-26H2,1-2H3;1H. The number of ketones is 1. The van der Waals surface area contributed by atoms with Crippen molar-refractivity contribution in [3.05, 3.63) is 76.2 Å². The van der Waals surface area contributed by atoms with Gasteiger partial charge in [0.15, 0.2) is 18.5 Å². The summed E-state index contributed by atoms with van der Waals surface area (Å²) in [6, 6.07) is 13.4. The number of ether oxygens (including phenoxy) is 1. The number of thiazole rings is 1. The van der Waals surface area contributed by atoms with Gasteiger partial charge >= 0.3 is 0 Å². The molecule has 3 aromatic rings. The molecule has 1 N–H and O–H groups in total. The molecule has 7 heteroatoms. The number of rotatable bonds is 20. The topological polar surface area (TPSA) is 59.3 Å². The van der Waals surface area contributed by atoms with Gasteiger partial charge in [0.2, 0.25) is 11.4 Å². The third-order valence-electron chi connectivity index (χ3n) is 7.17. The summed E-state index contributed by atoms with van der Waals surface area (Å²) in [5.74, 6) is 0.449. The number of nitrogens with zero attached hydrogens (tertiary/aromatic N) is 1. The van der Waals surface area contributed by atoms with Crippen LogP contribution in [0.15, 0.2) is 59.6 Å². The van der Waals surface area contributed by atoms with E-state index >= 15 is 0 Å². The maximum absolute atomic E-state index is 12.7. The summed E-state index contributed by atoms with van der Waals surface area (Å²) < 4.78 is 8.09. The van der Waals surface area contributed by atoms with E-state index < -0.39 is 0 Å². The highest BCUT2D eigenvalue weighted by molar-refractivity contribution is 7.07. The van der Waals surface area contributed by atoms with Crippen LogP contribution >= 0.6 is 11.3 Å². The van der Waals surface area contributed by atoms with Crippen LogP contribution in [-0.4, -0.2) is 18.3 Å². The van der Waals surface area contributed by atoms with Crippen LogP contribution in [0.4, 0.5) is 5.69 Å². The van der Waals surface area contributed by atoms with Crippen LogP contribution < -0.4 is 31.6 Å². The van der Waals surface area contributed by atoms with Crippen LogP contribution in [0.5, 0.6) is 5.75 Å². The molecule has 1 heterocycles. The van der Waals surface area contributed by atoms with Crippen molar-refractivity contribution < 1.29 is 35.9 Å². The quantitative estimate of drug-likeness (QED) is 0.0999. The minimum Gasteiger partial charge on any atom is -1.00 e. The van der Waals surface area contributed by atoms with Gasteiger partial charge in [-0.05, 0) is 43.2 Å². The lowest BCUT2D eigenvalue weighted by atomic mass is 10.0. The van der Waals surface area contributed by atoms with Gasteiger partial charge in [-0.1, -0.05) is 107 Å². The number of carbonyl (C=O) groups is 2. The lowest BCUT2D eigenvalue weighted by Crippen LogP contribution is -3.00. The molecular weight excluding hydrogens is 596 g/mol. The van der Waals surface area contributed by atoms with Crippen LogP contribution in [0.1, 0.15) is 112 Å². The predicted octanol–water partition coefficient (Wildman–Crippen LogP) is 5.55. The van der Waals surface area contributed by atoms with E-state index in [0.717, 1.165) is 30.6 Å². The molecule has 0 radical (unpaired) electrons. The number of benzene rings is 2. The van der Waals surface area contributed by atoms with Crippen LogP contribution in [0.3, 0.4) is 0 Å². The Balaban J connectivity index is 0.00000588. The summed E-state index contributed by atoms with van der Waals surface area (Å²) in [4.78, 5) is 25.0.